The molecule has 2 aromatic heterocycles. The standard InChI is InChI=1S/C25H23N5O3/c1-3-4-13-29-14-17(27-28-29)15-30-22-21(23(31)19-7-5-6-8-20(19)24(22)32)26-25(30)16-9-11-18(33-2)12-10-16/h5-12,14H,3-4,13,15H2,1-2H3. The molecule has 2 heterocycles. The van der Waals surface area contributed by atoms with Crippen LogP contribution in [0.4, 0.5) is 0 Å². The third kappa shape index (κ3) is 3.63. The Morgan fingerprint density at radius 2 is 1.70 bits per heavy atom. The van der Waals surface area contributed by atoms with E-state index in [2.05, 4.69) is 22.2 Å². The minimum Gasteiger partial charge on any atom is -0.497 e. The van der Waals surface area contributed by atoms with Gasteiger partial charge in [-0.05, 0) is 30.7 Å². The number of carbonyl (C=O) groups is 2. The lowest BCUT2D eigenvalue weighted by Crippen LogP contribution is -2.23. The van der Waals surface area contributed by atoms with Gasteiger partial charge in [0.15, 0.2) is 0 Å². The van der Waals surface area contributed by atoms with Crippen molar-refractivity contribution in [2.45, 2.75) is 32.9 Å². The molecule has 166 valence electrons. The molecule has 0 atom stereocenters. The number of aromatic nitrogens is 5. The quantitative estimate of drug-likeness (QED) is 0.382. The summed E-state index contributed by atoms with van der Waals surface area (Å²) in [5, 5.41) is 8.50. The predicted octanol–water partition coefficient (Wildman–Crippen LogP) is 3.77. The average Bonchev–Trinajstić information content (AvgIpc) is 3.46. The van der Waals surface area contributed by atoms with Gasteiger partial charge in [0.1, 0.15) is 28.7 Å². The summed E-state index contributed by atoms with van der Waals surface area (Å²) in [4.78, 5) is 31.4. The maximum atomic E-state index is 13.5. The SMILES string of the molecule is CCCCn1cc(Cn2c(-c3ccc(OC)cc3)nc3c2C(=O)c2ccccc2C3=O)nn1. The second kappa shape index (κ2) is 8.46. The Bertz CT molecular complexity index is 1350. The number of fused-ring (bicyclic) bond motifs is 2. The number of hydrogen-bond donors (Lipinski definition) is 0. The second-order valence-corrected chi connectivity index (χ2v) is 7.98. The lowest BCUT2D eigenvalue weighted by Gasteiger charge is -2.16. The Morgan fingerprint density at radius 3 is 2.39 bits per heavy atom. The number of aryl methyl sites for hydroxylation is 1. The molecule has 1 aliphatic rings. The molecule has 0 saturated heterocycles. The van der Waals surface area contributed by atoms with Crippen LogP contribution in [0.1, 0.15) is 57.6 Å². The number of methoxy groups -OCH3 is 1. The first-order valence-corrected chi connectivity index (χ1v) is 10.9. The number of ketones is 2. The molecule has 4 aromatic rings. The Morgan fingerprint density at radius 1 is 0.970 bits per heavy atom. The first-order chi connectivity index (χ1) is 16.1. The van der Waals surface area contributed by atoms with E-state index in [9.17, 15) is 9.59 Å². The highest BCUT2D eigenvalue weighted by Gasteiger charge is 2.36. The fourth-order valence-electron chi connectivity index (χ4n) is 4.09. The normalized spacial score (nSPS) is 12.5. The van der Waals surface area contributed by atoms with Gasteiger partial charge in [-0.1, -0.05) is 42.8 Å². The molecule has 0 unspecified atom stereocenters. The second-order valence-electron chi connectivity index (χ2n) is 7.98. The molecule has 0 bridgehead atoms. The van der Waals surface area contributed by atoms with Gasteiger partial charge in [0.2, 0.25) is 11.6 Å². The van der Waals surface area contributed by atoms with E-state index < -0.39 is 0 Å². The number of carbonyl (C=O) groups excluding carboxylic acids is 2. The van der Waals surface area contributed by atoms with Crippen LogP contribution in [0.25, 0.3) is 11.4 Å². The highest BCUT2D eigenvalue weighted by molar-refractivity contribution is 6.27. The van der Waals surface area contributed by atoms with E-state index in [-0.39, 0.29) is 29.5 Å². The summed E-state index contributed by atoms with van der Waals surface area (Å²) in [6, 6.07) is 14.3. The molecule has 8 heteroatoms. The van der Waals surface area contributed by atoms with E-state index in [4.69, 9.17) is 4.74 Å². The highest BCUT2D eigenvalue weighted by Crippen LogP contribution is 2.32. The monoisotopic (exact) mass is 441 g/mol. The third-order valence-corrected chi connectivity index (χ3v) is 5.81. The molecule has 0 spiro atoms. The zero-order chi connectivity index (χ0) is 22.9. The number of unbranched alkanes of at least 4 members (excludes halogenated alkanes) is 1. The maximum absolute atomic E-state index is 13.5. The molecular formula is C25H23N5O3. The van der Waals surface area contributed by atoms with Gasteiger partial charge in [-0.3, -0.25) is 14.3 Å². The molecule has 5 rings (SSSR count). The van der Waals surface area contributed by atoms with Gasteiger partial charge >= 0.3 is 0 Å². The minimum absolute atomic E-state index is 0.169. The van der Waals surface area contributed by atoms with E-state index in [0.29, 0.717) is 28.4 Å². The Hall–Kier alpha value is -4.07. The topological polar surface area (TPSA) is 91.9 Å². The molecule has 0 N–H and O–H groups in total. The van der Waals surface area contributed by atoms with E-state index in [1.165, 1.54) is 0 Å². The Balaban J connectivity index is 1.64. The van der Waals surface area contributed by atoms with Crippen LogP contribution in [0.15, 0.2) is 54.7 Å². The summed E-state index contributed by atoms with van der Waals surface area (Å²) >= 11 is 0. The number of benzene rings is 2. The Labute approximate surface area is 190 Å². The molecule has 0 radical (unpaired) electrons. The van der Waals surface area contributed by atoms with E-state index in [1.807, 2.05) is 30.5 Å². The molecule has 0 aliphatic heterocycles. The van der Waals surface area contributed by atoms with Crippen molar-refractivity contribution in [3.8, 4) is 17.1 Å². The summed E-state index contributed by atoms with van der Waals surface area (Å²) < 4.78 is 8.85. The summed E-state index contributed by atoms with van der Waals surface area (Å²) in [6.45, 7) is 3.18. The lowest BCUT2D eigenvalue weighted by atomic mass is 9.90. The van der Waals surface area contributed by atoms with Crippen molar-refractivity contribution < 1.29 is 14.3 Å². The van der Waals surface area contributed by atoms with Crippen LogP contribution in [0.3, 0.4) is 0 Å². The fourth-order valence-corrected chi connectivity index (χ4v) is 4.09. The zero-order valence-electron chi connectivity index (χ0n) is 18.5. The molecule has 0 fully saturated rings. The van der Waals surface area contributed by atoms with E-state index in [1.54, 1.807) is 40.6 Å². The summed E-state index contributed by atoms with van der Waals surface area (Å²) in [5.74, 6) is 0.770. The summed E-state index contributed by atoms with van der Waals surface area (Å²) in [6.07, 6.45) is 3.94. The Kier molecular flexibility index (Phi) is 5.34. The van der Waals surface area contributed by atoms with Crippen molar-refractivity contribution in [2.24, 2.45) is 0 Å². The van der Waals surface area contributed by atoms with Gasteiger partial charge in [0.25, 0.3) is 0 Å². The fraction of sp³-hybridized carbons (Fsp3) is 0.240. The predicted molar refractivity (Wildman–Crippen MR) is 122 cm³/mol. The molecular weight excluding hydrogens is 418 g/mol. The summed E-state index contributed by atoms with van der Waals surface area (Å²) in [7, 11) is 1.60. The first kappa shape index (κ1) is 20.8. The number of rotatable bonds is 7. The zero-order valence-corrected chi connectivity index (χ0v) is 18.5. The average molecular weight is 441 g/mol. The van der Waals surface area contributed by atoms with E-state index in [0.717, 1.165) is 24.9 Å². The number of ether oxygens (including phenoxy) is 1. The number of imidazole rings is 1. The largest absolute Gasteiger partial charge is 0.497 e. The van der Waals surface area contributed by atoms with Crippen molar-refractivity contribution in [1.82, 2.24) is 24.5 Å². The maximum Gasteiger partial charge on any atom is 0.214 e. The van der Waals surface area contributed by atoms with E-state index >= 15 is 0 Å². The molecule has 0 saturated carbocycles. The lowest BCUT2D eigenvalue weighted by molar-refractivity contribution is 0.0971. The van der Waals surface area contributed by atoms with Crippen LogP contribution < -0.4 is 4.74 Å². The molecule has 33 heavy (non-hydrogen) atoms. The highest BCUT2D eigenvalue weighted by atomic mass is 16.5. The van der Waals surface area contributed by atoms with Crippen LogP contribution >= 0.6 is 0 Å². The van der Waals surface area contributed by atoms with Gasteiger partial charge in [0.05, 0.1) is 19.9 Å². The number of nitrogens with zero attached hydrogens (tertiary/aromatic N) is 5. The first-order valence-electron chi connectivity index (χ1n) is 10.9. The molecule has 0 amide bonds. The minimum atomic E-state index is -0.250. The van der Waals surface area contributed by atoms with Gasteiger partial charge in [-0.2, -0.15) is 0 Å². The van der Waals surface area contributed by atoms with Crippen LogP contribution in [-0.2, 0) is 13.1 Å². The van der Waals surface area contributed by atoms with Gasteiger partial charge in [0, 0.05) is 23.2 Å². The van der Waals surface area contributed by atoms with Gasteiger partial charge < -0.3 is 9.30 Å². The molecule has 8 nitrogen and oxygen atoms in total. The van der Waals surface area contributed by atoms with Gasteiger partial charge in [-0.15, -0.1) is 5.10 Å². The van der Waals surface area contributed by atoms with Crippen molar-refractivity contribution in [3.63, 3.8) is 0 Å². The van der Waals surface area contributed by atoms with Crippen molar-refractivity contribution in [3.05, 3.63) is 82.9 Å². The third-order valence-electron chi connectivity index (χ3n) is 5.81. The van der Waals surface area contributed by atoms with Crippen LogP contribution in [0.2, 0.25) is 0 Å². The smallest absolute Gasteiger partial charge is 0.214 e. The van der Waals surface area contributed by atoms with Crippen LogP contribution in [0.5, 0.6) is 5.75 Å². The van der Waals surface area contributed by atoms with Crippen molar-refractivity contribution in [2.75, 3.05) is 7.11 Å². The van der Waals surface area contributed by atoms with Crippen LogP contribution in [-0.4, -0.2) is 43.2 Å². The number of hydrogen-bond acceptors (Lipinski definition) is 6. The van der Waals surface area contributed by atoms with Crippen molar-refractivity contribution >= 4 is 11.6 Å². The van der Waals surface area contributed by atoms with Gasteiger partial charge in [-0.25, -0.2) is 4.98 Å². The molecule has 1 aliphatic carbocycles. The summed E-state index contributed by atoms with van der Waals surface area (Å²) in [5.41, 5.74) is 2.69. The van der Waals surface area contributed by atoms with Crippen molar-refractivity contribution in [1.29, 1.82) is 0 Å². The molecule has 2 aromatic carbocycles. The van der Waals surface area contributed by atoms with Crippen LogP contribution in [0, 0.1) is 0 Å².